The Bertz CT molecular complexity index is 1620. The molecular weight excluding hydrogens is 715 g/mol. The summed E-state index contributed by atoms with van der Waals surface area (Å²) >= 11 is 0. The second-order valence-electron chi connectivity index (χ2n) is 17.9. The molecular formula is C42H61BN4O9. The van der Waals surface area contributed by atoms with E-state index in [4.69, 9.17) is 23.5 Å². The highest BCUT2D eigenvalue weighted by Crippen LogP contribution is 2.65. The van der Waals surface area contributed by atoms with Crippen molar-refractivity contribution in [1.82, 2.24) is 20.4 Å². The lowest BCUT2D eigenvalue weighted by molar-refractivity contribution is -0.199. The van der Waals surface area contributed by atoms with Gasteiger partial charge in [0.05, 0.1) is 37.4 Å². The second kappa shape index (κ2) is 16.9. The summed E-state index contributed by atoms with van der Waals surface area (Å²) in [6.45, 7) is 20.2. The molecule has 3 aliphatic carbocycles. The fourth-order valence-corrected chi connectivity index (χ4v) is 9.43. The summed E-state index contributed by atoms with van der Waals surface area (Å²) in [5.41, 5.74) is 0.958. The standard InChI is InChI=1S/C42H61BN4O9/c1-9-11-12-13-18-35(43-55-34-21-29-20-33(41(29,6)7)42(34,8)56-43)45-36(48)32-22-30(53-39(51)46-23-27-16-14-15-17-28(27)24-46)25-47(32)37(49)31(26-52-19-10-2)44-38(50)54-40(3,4)5/h9-10,14-17,29-35H,1-2,11-13,18-26H2,3-8H3,(H,44,50)(H,45,48)/t29?,30-,31+,32+,33?,34?,35-,42?/m1/s1. The van der Waals surface area contributed by atoms with Gasteiger partial charge in [-0.2, -0.15) is 0 Å². The van der Waals surface area contributed by atoms with Crippen LogP contribution in [0.5, 0.6) is 0 Å². The molecule has 1 aromatic carbocycles. The Balaban J connectivity index is 1.22. The van der Waals surface area contributed by atoms with E-state index in [0.29, 0.717) is 31.3 Å². The summed E-state index contributed by atoms with van der Waals surface area (Å²) < 4.78 is 30.6. The molecule has 3 saturated carbocycles. The first-order valence-corrected chi connectivity index (χ1v) is 20.3. The van der Waals surface area contributed by atoms with E-state index in [-0.39, 0.29) is 37.7 Å². The topological polar surface area (TPSA) is 145 Å². The maximum Gasteiger partial charge on any atom is 0.481 e. The molecule has 14 heteroatoms. The maximum absolute atomic E-state index is 14.6. The van der Waals surface area contributed by atoms with E-state index in [1.165, 1.54) is 11.0 Å². The number of hydrogen-bond acceptors (Lipinski definition) is 9. The number of unbranched alkanes of at least 4 members (excludes halogenated alkanes) is 2. The molecule has 6 aliphatic rings. The number of allylic oxidation sites excluding steroid dienone is 1. The van der Waals surface area contributed by atoms with Gasteiger partial charge in [0.15, 0.2) is 0 Å². The number of nitrogens with one attached hydrogen (secondary N) is 2. The van der Waals surface area contributed by atoms with E-state index in [1.54, 1.807) is 25.7 Å². The van der Waals surface area contributed by atoms with Crippen molar-refractivity contribution in [1.29, 1.82) is 0 Å². The number of carbonyl (C=O) groups is 4. The van der Waals surface area contributed by atoms with E-state index >= 15 is 0 Å². The molecule has 56 heavy (non-hydrogen) atoms. The minimum atomic E-state index is -1.20. The monoisotopic (exact) mass is 776 g/mol. The van der Waals surface area contributed by atoms with Gasteiger partial charge in [0.2, 0.25) is 11.8 Å². The molecule has 13 nitrogen and oxygen atoms in total. The van der Waals surface area contributed by atoms with Gasteiger partial charge in [-0.05, 0) is 88.2 Å². The van der Waals surface area contributed by atoms with Crippen LogP contribution in [0.25, 0.3) is 0 Å². The third-order valence-electron chi connectivity index (χ3n) is 12.5. The number of amides is 4. The maximum atomic E-state index is 14.6. The molecule has 2 saturated heterocycles. The van der Waals surface area contributed by atoms with E-state index in [1.807, 2.05) is 30.3 Å². The Hall–Kier alpha value is -3.88. The van der Waals surface area contributed by atoms with Crippen LogP contribution in [-0.2, 0) is 46.2 Å². The number of carbonyl (C=O) groups excluding carboxylic acids is 4. The Morgan fingerprint density at radius 3 is 2.38 bits per heavy atom. The highest BCUT2D eigenvalue weighted by molar-refractivity contribution is 6.48. The van der Waals surface area contributed by atoms with E-state index in [9.17, 15) is 19.2 Å². The Labute approximate surface area is 332 Å². The van der Waals surface area contributed by atoms with Gasteiger partial charge >= 0.3 is 19.3 Å². The molecule has 1 aromatic rings. The van der Waals surface area contributed by atoms with Crippen LogP contribution in [0.2, 0.25) is 0 Å². The van der Waals surface area contributed by atoms with Gasteiger partial charge in [-0.3, -0.25) is 14.5 Å². The van der Waals surface area contributed by atoms with Crippen molar-refractivity contribution in [3.63, 3.8) is 0 Å². The van der Waals surface area contributed by atoms with Crippen molar-refractivity contribution in [3.05, 3.63) is 60.7 Å². The van der Waals surface area contributed by atoms with Crippen LogP contribution in [0.4, 0.5) is 9.59 Å². The second-order valence-corrected chi connectivity index (χ2v) is 17.9. The number of fused-ring (bicyclic) bond motifs is 1. The molecule has 3 heterocycles. The van der Waals surface area contributed by atoms with Crippen molar-refractivity contribution < 1.29 is 42.7 Å². The van der Waals surface area contributed by atoms with Crippen LogP contribution in [-0.4, -0.2) is 102 Å². The molecule has 2 bridgehead atoms. The fraction of sp³-hybridized carbons (Fsp3) is 0.667. The van der Waals surface area contributed by atoms with Crippen LogP contribution in [0.1, 0.15) is 97.6 Å². The number of rotatable bonds is 15. The molecule has 306 valence electrons. The number of alkyl carbamates (subject to hydrolysis) is 1. The van der Waals surface area contributed by atoms with E-state index in [0.717, 1.165) is 43.2 Å². The number of likely N-dealkylation sites (tertiary alicyclic amines) is 1. The highest BCUT2D eigenvalue weighted by Gasteiger charge is 2.68. The first kappa shape index (κ1) is 41.8. The first-order chi connectivity index (χ1) is 26.5. The smallest absolute Gasteiger partial charge is 0.444 e. The van der Waals surface area contributed by atoms with Gasteiger partial charge < -0.3 is 39.1 Å². The summed E-state index contributed by atoms with van der Waals surface area (Å²) in [6.07, 6.45) is 6.42. The van der Waals surface area contributed by atoms with E-state index < -0.39 is 66.5 Å². The minimum absolute atomic E-state index is 0.0594. The van der Waals surface area contributed by atoms with Gasteiger partial charge in [-0.1, -0.05) is 56.7 Å². The summed E-state index contributed by atoms with van der Waals surface area (Å²) in [4.78, 5) is 58.5. The highest BCUT2D eigenvalue weighted by atomic mass is 16.7. The molecule has 0 aromatic heterocycles. The molecule has 0 radical (unpaired) electrons. The number of nitrogens with zero attached hydrogens (tertiary/aromatic N) is 2. The average molecular weight is 777 g/mol. The van der Waals surface area contributed by atoms with Crippen molar-refractivity contribution in [3.8, 4) is 0 Å². The molecule has 0 spiro atoms. The quantitative estimate of drug-likeness (QED) is 0.130. The molecule has 4 unspecified atom stereocenters. The fourth-order valence-electron chi connectivity index (χ4n) is 9.43. The Kier molecular flexibility index (Phi) is 12.6. The van der Waals surface area contributed by atoms with Crippen molar-refractivity contribution in [2.45, 2.75) is 141 Å². The van der Waals surface area contributed by atoms with Crippen molar-refractivity contribution in [2.24, 2.45) is 17.3 Å². The van der Waals surface area contributed by atoms with Crippen molar-refractivity contribution >= 4 is 31.1 Å². The number of benzene rings is 1. The first-order valence-electron chi connectivity index (χ1n) is 20.3. The molecule has 2 N–H and O–H groups in total. The predicted octanol–water partition coefficient (Wildman–Crippen LogP) is 5.70. The lowest BCUT2D eigenvalue weighted by Gasteiger charge is -2.64. The zero-order valence-electron chi connectivity index (χ0n) is 34.1. The average Bonchev–Trinajstić information content (AvgIpc) is 3.86. The van der Waals surface area contributed by atoms with Gasteiger partial charge in [-0.15, -0.1) is 13.2 Å². The molecule has 5 fully saturated rings. The Morgan fingerprint density at radius 2 is 1.73 bits per heavy atom. The third-order valence-corrected chi connectivity index (χ3v) is 12.5. The molecule has 3 aliphatic heterocycles. The SMILES string of the molecule is C=CCCCC[C@@H](NC(=O)[C@@H]1C[C@@H](OC(=O)N2Cc3ccccc3C2)CN1C(=O)[C@H](COCC=C)NC(=O)OC(C)(C)C)B1OC2CC3CC(C3(C)C)C2(C)O1. The summed E-state index contributed by atoms with van der Waals surface area (Å²) in [7, 11) is -0.669. The van der Waals surface area contributed by atoms with Crippen LogP contribution >= 0.6 is 0 Å². The van der Waals surface area contributed by atoms with E-state index in [2.05, 4.69) is 44.6 Å². The lowest BCUT2D eigenvalue weighted by atomic mass is 9.43. The van der Waals surface area contributed by atoms with Crippen LogP contribution in [0, 0.1) is 17.3 Å². The number of ether oxygens (including phenoxy) is 3. The normalized spacial score (nSPS) is 28.3. The largest absolute Gasteiger partial charge is 0.481 e. The summed E-state index contributed by atoms with van der Waals surface area (Å²) in [5.74, 6) is -0.565. The molecule has 4 amide bonds. The van der Waals surface area contributed by atoms with Gasteiger partial charge in [0.25, 0.3) is 0 Å². The predicted molar refractivity (Wildman–Crippen MR) is 211 cm³/mol. The van der Waals surface area contributed by atoms with Gasteiger partial charge in [0.1, 0.15) is 23.8 Å². The molecule has 8 atom stereocenters. The van der Waals surface area contributed by atoms with Crippen LogP contribution in [0.3, 0.4) is 0 Å². The van der Waals surface area contributed by atoms with Gasteiger partial charge in [0, 0.05) is 19.5 Å². The zero-order valence-corrected chi connectivity index (χ0v) is 34.1. The summed E-state index contributed by atoms with van der Waals surface area (Å²) in [5, 5.41) is 5.87. The zero-order chi connectivity index (χ0) is 40.4. The lowest BCUT2D eigenvalue weighted by Crippen LogP contribution is -2.65. The Morgan fingerprint density at radius 1 is 1.02 bits per heavy atom. The van der Waals surface area contributed by atoms with Crippen LogP contribution < -0.4 is 10.6 Å². The summed E-state index contributed by atoms with van der Waals surface area (Å²) in [6, 6.07) is 5.61. The molecule has 7 rings (SSSR count). The third kappa shape index (κ3) is 8.97. The van der Waals surface area contributed by atoms with Crippen LogP contribution in [0.15, 0.2) is 49.6 Å². The van der Waals surface area contributed by atoms with Crippen molar-refractivity contribution in [2.75, 3.05) is 19.8 Å². The van der Waals surface area contributed by atoms with Gasteiger partial charge in [-0.25, -0.2) is 9.59 Å². The number of hydrogen-bond donors (Lipinski definition) is 2. The minimum Gasteiger partial charge on any atom is -0.444 e.